The van der Waals surface area contributed by atoms with Crippen molar-refractivity contribution in [3.63, 3.8) is 0 Å². The van der Waals surface area contributed by atoms with Gasteiger partial charge in [-0.1, -0.05) is 39.7 Å². The van der Waals surface area contributed by atoms with Crippen molar-refractivity contribution in [2.24, 2.45) is 5.92 Å². The molecule has 0 heterocycles. The second kappa shape index (κ2) is 4.72. The van der Waals surface area contributed by atoms with Crippen molar-refractivity contribution < 1.29 is 5.11 Å². The average molecular weight is 232 g/mol. The lowest BCUT2D eigenvalue weighted by Crippen LogP contribution is -2.31. The van der Waals surface area contributed by atoms with Crippen LogP contribution in [0.5, 0.6) is 5.75 Å². The van der Waals surface area contributed by atoms with Gasteiger partial charge < -0.3 is 5.11 Å². The Kier molecular flexibility index (Phi) is 3.46. The molecule has 94 valence electrons. The fourth-order valence-electron chi connectivity index (χ4n) is 3.43. The quantitative estimate of drug-likeness (QED) is 0.817. The Balaban J connectivity index is 2.38. The average Bonchev–Trinajstić information content (AvgIpc) is 2.28. The third-order valence-corrected chi connectivity index (χ3v) is 4.19. The van der Waals surface area contributed by atoms with Crippen molar-refractivity contribution in [3.05, 3.63) is 29.3 Å². The Morgan fingerprint density at radius 1 is 1.41 bits per heavy atom. The minimum Gasteiger partial charge on any atom is -0.508 e. The second-order valence-corrected chi connectivity index (χ2v) is 6.02. The van der Waals surface area contributed by atoms with E-state index in [1.165, 1.54) is 36.8 Å². The summed E-state index contributed by atoms with van der Waals surface area (Å²) in [4.78, 5) is 0. The predicted molar refractivity (Wildman–Crippen MR) is 72.5 cm³/mol. The van der Waals surface area contributed by atoms with Crippen molar-refractivity contribution >= 4 is 0 Å². The lowest BCUT2D eigenvalue weighted by atomic mass is 9.65. The molecule has 0 amide bonds. The first kappa shape index (κ1) is 12.5. The molecule has 0 radical (unpaired) electrons. The molecule has 1 nitrogen and oxygen atoms in total. The van der Waals surface area contributed by atoms with E-state index in [2.05, 4.69) is 26.8 Å². The Labute approximate surface area is 105 Å². The smallest absolute Gasteiger partial charge is 0.115 e. The molecule has 17 heavy (non-hydrogen) atoms. The van der Waals surface area contributed by atoms with Crippen LogP contribution in [0.15, 0.2) is 18.2 Å². The summed E-state index contributed by atoms with van der Waals surface area (Å²) in [6.45, 7) is 6.97. The molecule has 1 heteroatoms. The Bertz CT molecular complexity index is 397. The van der Waals surface area contributed by atoms with E-state index in [9.17, 15) is 5.11 Å². The zero-order valence-electron chi connectivity index (χ0n) is 11.3. The van der Waals surface area contributed by atoms with Gasteiger partial charge in [0.25, 0.3) is 0 Å². The van der Waals surface area contributed by atoms with E-state index in [1.54, 1.807) is 0 Å². The summed E-state index contributed by atoms with van der Waals surface area (Å²) >= 11 is 0. The zero-order chi connectivity index (χ0) is 12.5. The SMILES string of the molecule is CCCC[C@@]1(C)C[C@@H](C)Cc2ccc(O)cc21. The number of unbranched alkanes of at least 4 members (excludes halogenated alkanes) is 1. The number of aromatic hydroxyl groups is 1. The summed E-state index contributed by atoms with van der Waals surface area (Å²) in [6, 6.07) is 5.94. The molecule has 0 saturated heterocycles. The molecule has 2 rings (SSSR count). The highest BCUT2D eigenvalue weighted by atomic mass is 16.3. The standard InChI is InChI=1S/C16H24O/c1-4-5-8-16(3)11-12(2)9-13-6-7-14(17)10-15(13)16/h6-7,10,12,17H,4-5,8-9,11H2,1-3H3/t12-,16-/m0/s1. The molecule has 0 bridgehead atoms. The Hall–Kier alpha value is -0.980. The van der Waals surface area contributed by atoms with Gasteiger partial charge in [-0.3, -0.25) is 0 Å². The van der Waals surface area contributed by atoms with Gasteiger partial charge in [0, 0.05) is 0 Å². The predicted octanol–water partition coefficient (Wildman–Crippen LogP) is 4.42. The van der Waals surface area contributed by atoms with Gasteiger partial charge in [-0.25, -0.2) is 0 Å². The van der Waals surface area contributed by atoms with Crippen molar-refractivity contribution in [1.82, 2.24) is 0 Å². The van der Waals surface area contributed by atoms with Crippen LogP contribution in [-0.4, -0.2) is 5.11 Å². The van der Waals surface area contributed by atoms with Gasteiger partial charge >= 0.3 is 0 Å². The molecular formula is C16H24O. The largest absolute Gasteiger partial charge is 0.508 e. The van der Waals surface area contributed by atoms with Crippen LogP contribution in [0, 0.1) is 5.92 Å². The highest BCUT2D eigenvalue weighted by molar-refractivity contribution is 5.41. The fraction of sp³-hybridized carbons (Fsp3) is 0.625. The van der Waals surface area contributed by atoms with Gasteiger partial charge in [-0.15, -0.1) is 0 Å². The Morgan fingerprint density at radius 3 is 2.88 bits per heavy atom. The Morgan fingerprint density at radius 2 is 2.18 bits per heavy atom. The topological polar surface area (TPSA) is 20.2 Å². The van der Waals surface area contributed by atoms with Gasteiger partial charge in [0.15, 0.2) is 0 Å². The molecule has 0 unspecified atom stereocenters. The van der Waals surface area contributed by atoms with E-state index < -0.39 is 0 Å². The van der Waals surface area contributed by atoms with Gasteiger partial charge in [-0.2, -0.15) is 0 Å². The maximum Gasteiger partial charge on any atom is 0.115 e. The molecule has 1 N–H and O–H groups in total. The van der Waals surface area contributed by atoms with Crippen molar-refractivity contribution in [1.29, 1.82) is 0 Å². The third-order valence-electron chi connectivity index (χ3n) is 4.19. The monoisotopic (exact) mass is 232 g/mol. The van der Waals surface area contributed by atoms with Gasteiger partial charge in [0.1, 0.15) is 5.75 Å². The molecular weight excluding hydrogens is 208 g/mol. The number of phenolic OH excluding ortho intramolecular Hbond substituents is 1. The van der Waals surface area contributed by atoms with E-state index in [1.807, 2.05) is 12.1 Å². The van der Waals surface area contributed by atoms with Crippen LogP contribution >= 0.6 is 0 Å². The molecule has 1 aromatic carbocycles. The fourth-order valence-corrected chi connectivity index (χ4v) is 3.43. The van der Waals surface area contributed by atoms with E-state index >= 15 is 0 Å². The van der Waals surface area contributed by atoms with Crippen LogP contribution in [0.4, 0.5) is 0 Å². The number of hydrogen-bond acceptors (Lipinski definition) is 1. The summed E-state index contributed by atoms with van der Waals surface area (Å²) < 4.78 is 0. The lowest BCUT2D eigenvalue weighted by molar-refractivity contribution is 0.296. The van der Waals surface area contributed by atoms with Gasteiger partial charge in [0.2, 0.25) is 0 Å². The first-order chi connectivity index (χ1) is 8.05. The zero-order valence-corrected chi connectivity index (χ0v) is 11.3. The van der Waals surface area contributed by atoms with Crippen LogP contribution in [0.1, 0.15) is 57.6 Å². The van der Waals surface area contributed by atoms with Crippen molar-refractivity contribution in [2.75, 3.05) is 0 Å². The van der Waals surface area contributed by atoms with E-state index in [0.29, 0.717) is 5.75 Å². The van der Waals surface area contributed by atoms with Gasteiger partial charge in [0.05, 0.1) is 0 Å². The molecule has 0 aliphatic heterocycles. The number of fused-ring (bicyclic) bond motifs is 1. The molecule has 2 atom stereocenters. The van der Waals surface area contributed by atoms with Crippen molar-refractivity contribution in [3.8, 4) is 5.75 Å². The maximum absolute atomic E-state index is 9.71. The molecule has 1 aliphatic rings. The number of hydrogen-bond donors (Lipinski definition) is 1. The molecule has 0 spiro atoms. The van der Waals surface area contributed by atoms with Crippen LogP contribution in [-0.2, 0) is 11.8 Å². The molecule has 0 fully saturated rings. The van der Waals surface area contributed by atoms with Crippen LogP contribution in [0.2, 0.25) is 0 Å². The first-order valence-electron chi connectivity index (χ1n) is 6.87. The van der Waals surface area contributed by atoms with E-state index in [0.717, 1.165) is 12.3 Å². The molecule has 0 saturated carbocycles. The minimum atomic E-state index is 0.266. The number of benzene rings is 1. The second-order valence-electron chi connectivity index (χ2n) is 6.02. The molecule has 1 aromatic rings. The van der Waals surface area contributed by atoms with Crippen LogP contribution < -0.4 is 0 Å². The minimum absolute atomic E-state index is 0.266. The summed E-state index contributed by atoms with van der Waals surface area (Å²) in [5.41, 5.74) is 3.10. The summed E-state index contributed by atoms with van der Waals surface area (Å²) in [5.74, 6) is 1.18. The summed E-state index contributed by atoms with van der Waals surface area (Å²) in [7, 11) is 0. The highest BCUT2D eigenvalue weighted by Crippen LogP contribution is 2.44. The van der Waals surface area contributed by atoms with Crippen LogP contribution in [0.3, 0.4) is 0 Å². The highest BCUT2D eigenvalue weighted by Gasteiger charge is 2.34. The van der Waals surface area contributed by atoms with E-state index in [-0.39, 0.29) is 5.41 Å². The lowest BCUT2D eigenvalue weighted by Gasteiger charge is -2.39. The first-order valence-corrected chi connectivity index (χ1v) is 6.87. The van der Waals surface area contributed by atoms with Crippen LogP contribution in [0.25, 0.3) is 0 Å². The van der Waals surface area contributed by atoms with Crippen molar-refractivity contribution in [2.45, 2.75) is 58.3 Å². The molecule has 1 aliphatic carbocycles. The van der Waals surface area contributed by atoms with E-state index in [4.69, 9.17) is 0 Å². The third kappa shape index (κ3) is 2.48. The summed E-state index contributed by atoms with van der Waals surface area (Å²) in [6.07, 6.45) is 6.18. The maximum atomic E-state index is 9.71. The number of rotatable bonds is 3. The normalized spacial score (nSPS) is 27.8. The summed E-state index contributed by atoms with van der Waals surface area (Å²) in [5, 5.41) is 9.71. The number of phenols is 1. The molecule has 0 aromatic heterocycles. The van der Waals surface area contributed by atoms with Gasteiger partial charge in [-0.05, 0) is 53.9 Å².